The van der Waals surface area contributed by atoms with Crippen molar-refractivity contribution < 1.29 is 19.1 Å². The molecule has 21 heteroatoms. The second kappa shape index (κ2) is 15.7. The van der Waals surface area contributed by atoms with Crippen molar-refractivity contribution in [1.82, 2.24) is 53.7 Å². The van der Waals surface area contributed by atoms with E-state index in [1.165, 1.54) is 0 Å². The number of H-pyrrole nitrogens is 2. The van der Waals surface area contributed by atoms with Crippen molar-refractivity contribution in [2.75, 3.05) is 67.7 Å². The van der Waals surface area contributed by atoms with E-state index >= 15 is 0 Å². The quantitative estimate of drug-likeness (QED) is 0.103. The highest BCUT2D eigenvalue weighted by molar-refractivity contribution is 6.02. The SMILES string of the molecule is CN(CCOc1ccc2c(c1)C(=O)N1CCCC1C(Nc1nc3c(ncn3C)c(=O)[nH]1)N2)CCOc1ccc2c(c1)C(=O)N1CCCC1C(Nc1nc3c(ncn3C)c(=O)[nH]1)N2. The Morgan fingerprint density at radius 1 is 0.694 bits per heavy atom. The molecule has 4 atom stereocenters. The van der Waals surface area contributed by atoms with Gasteiger partial charge in [0.25, 0.3) is 22.9 Å². The molecule has 2 aromatic carbocycles. The van der Waals surface area contributed by atoms with Crippen LogP contribution in [0.3, 0.4) is 0 Å². The normalized spacial score (nSPS) is 20.6. The topological polar surface area (TPSA) is 238 Å². The Hall–Kier alpha value is -7.16. The molecule has 322 valence electrons. The standard InChI is InChI=1S/C41H47N15O6/c1-52(14-16-61-22-8-10-26-24(18-22)38(59)55-12-4-6-28(55)32(44-26)46-40-48-34-30(36(57)50-40)42-20-53(34)2)15-17-62-23-9-11-27-25(19-23)39(60)56-13-5-7-29(56)33(45-27)47-41-49-35-31(37(58)51-41)43-21-54(35)3/h8-11,18-21,28-29,32-33,44-45H,4-7,12-17H2,1-3H3,(H2,46,48,50,57)(H2,47,49,51,58). The summed E-state index contributed by atoms with van der Waals surface area (Å²) in [6, 6.07) is 10.6. The number of carbonyl (C=O) groups is 2. The minimum atomic E-state index is -0.402. The molecule has 0 radical (unpaired) electrons. The third-order valence-corrected chi connectivity index (χ3v) is 12.2. The molecule has 2 saturated heterocycles. The van der Waals surface area contributed by atoms with Gasteiger partial charge in [0.2, 0.25) is 11.9 Å². The van der Waals surface area contributed by atoms with Gasteiger partial charge >= 0.3 is 0 Å². The molecular weight excluding hydrogens is 799 g/mol. The maximum absolute atomic E-state index is 13.9. The zero-order chi connectivity index (χ0) is 42.6. The lowest BCUT2D eigenvalue weighted by Crippen LogP contribution is -2.48. The molecule has 2 amide bonds. The number of benzene rings is 2. The highest BCUT2D eigenvalue weighted by Crippen LogP contribution is 2.35. The summed E-state index contributed by atoms with van der Waals surface area (Å²) in [6.07, 6.45) is 5.59. The predicted molar refractivity (Wildman–Crippen MR) is 230 cm³/mol. The Labute approximate surface area is 353 Å². The lowest BCUT2D eigenvalue weighted by atomic mass is 10.1. The number of fused-ring (bicyclic) bond motifs is 6. The molecule has 2 fully saturated rings. The van der Waals surface area contributed by atoms with Crippen LogP contribution in [0.4, 0.5) is 23.3 Å². The number of amides is 2. The Balaban J connectivity index is 0.745. The summed E-state index contributed by atoms with van der Waals surface area (Å²) < 4.78 is 15.7. The van der Waals surface area contributed by atoms with E-state index in [9.17, 15) is 19.2 Å². The maximum atomic E-state index is 13.9. The van der Waals surface area contributed by atoms with E-state index in [4.69, 9.17) is 9.47 Å². The van der Waals surface area contributed by atoms with Gasteiger partial charge in [0, 0.05) is 51.6 Å². The first-order chi connectivity index (χ1) is 30.1. The number of hydrogen-bond donors (Lipinski definition) is 6. The minimum absolute atomic E-state index is 0.0802. The number of aromatic nitrogens is 8. The second-order valence-electron chi connectivity index (χ2n) is 16.2. The summed E-state index contributed by atoms with van der Waals surface area (Å²) in [4.78, 5) is 82.0. The van der Waals surface area contributed by atoms with Crippen LogP contribution in [0, 0.1) is 0 Å². The number of ether oxygens (including phenoxy) is 2. The fourth-order valence-electron chi connectivity index (χ4n) is 8.93. The van der Waals surface area contributed by atoms with E-state index in [-0.39, 0.29) is 46.0 Å². The number of hydrogen-bond acceptors (Lipinski definition) is 15. The first-order valence-electron chi connectivity index (χ1n) is 20.8. The molecule has 0 spiro atoms. The van der Waals surface area contributed by atoms with Crippen molar-refractivity contribution in [3.8, 4) is 11.5 Å². The van der Waals surface area contributed by atoms with Crippen LogP contribution < -0.4 is 41.9 Å². The van der Waals surface area contributed by atoms with Crippen LogP contribution in [0.5, 0.6) is 11.5 Å². The van der Waals surface area contributed by atoms with Crippen LogP contribution in [-0.4, -0.2) is 136 Å². The highest BCUT2D eigenvalue weighted by atomic mass is 16.5. The van der Waals surface area contributed by atoms with Gasteiger partial charge in [-0.15, -0.1) is 0 Å². The summed E-state index contributed by atoms with van der Waals surface area (Å²) in [5.41, 5.74) is 3.12. The molecule has 0 aliphatic carbocycles. The van der Waals surface area contributed by atoms with E-state index in [1.807, 2.05) is 41.1 Å². The molecule has 0 saturated carbocycles. The Kier molecular flexibility index (Phi) is 9.88. The Morgan fingerprint density at radius 2 is 1.15 bits per heavy atom. The van der Waals surface area contributed by atoms with Gasteiger partial charge < -0.3 is 49.7 Å². The first kappa shape index (κ1) is 39.0. The number of nitrogens with zero attached hydrogens (tertiary/aromatic N) is 9. The molecule has 21 nitrogen and oxygen atoms in total. The smallest absolute Gasteiger partial charge is 0.280 e. The average Bonchev–Trinajstić information content (AvgIpc) is 4.07. The van der Waals surface area contributed by atoms with E-state index in [1.54, 1.807) is 48.0 Å². The molecule has 4 aliphatic heterocycles. The number of anilines is 4. The van der Waals surface area contributed by atoms with Gasteiger partial charge in [0.05, 0.1) is 35.9 Å². The molecule has 0 bridgehead atoms. The molecule has 8 heterocycles. The highest BCUT2D eigenvalue weighted by Gasteiger charge is 2.41. The number of nitrogens with one attached hydrogen (secondary N) is 6. The fourth-order valence-corrected chi connectivity index (χ4v) is 8.93. The monoisotopic (exact) mass is 845 g/mol. The lowest BCUT2D eigenvalue weighted by molar-refractivity contribution is 0.0728. The van der Waals surface area contributed by atoms with Gasteiger partial charge in [-0.05, 0) is 69.1 Å². The molecule has 4 aromatic heterocycles. The maximum Gasteiger partial charge on any atom is 0.280 e. The summed E-state index contributed by atoms with van der Waals surface area (Å²) in [6.45, 7) is 3.21. The third kappa shape index (κ3) is 7.16. The molecule has 6 aromatic rings. The third-order valence-electron chi connectivity index (χ3n) is 12.2. The number of imidazole rings is 2. The molecule has 6 N–H and O–H groups in total. The predicted octanol–water partition coefficient (Wildman–Crippen LogP) is 1.95. The van der Waals surface area contributed by atoms with Crippen molar-refractivity contribution in [1.29, 1.82) is 0 Å². The summed E-state index contributed by atoms with van der Waals surface area (Å²) in [5, 5.41) is 13.7. The van der Waals surface area contributed by atoms with Crippen LogP contribution in [0.2, 0.25) is 0 Å². The zero-order valence-electron chi connectivity index (χ0n) is 34.5. The van der Waals surface area contributed by atoms with Crippen LogP contribution in [0.25, 0.3) is 22.3 Å². The van der Waals surface area contributed by atoms with Crippen molar-refractivity contribution in [3.05, 3.63) is 80.9 Å². The molecular formula is C41H47N15O6. The number of aryl methyl sites for hydroxylation is 2. The van der Waals surface area contributed by atoms with Crippen molar-refractivity contribution in [3.63, 3.8) is 0 Å². The van der Waals surface area contributed by atoms with Gasteiger partial charge in [-0.25, -0.2) is 9.97 Å². The molecule has 4 aliphatic rings. The van der Waals surface area contributed by atoms with Crippen LogP contribution in [-0.2, 0) is 14.1 Å². The van der Waals surface area contributed by atoms with Crippen LogP contribution in [0.15, 0.2) is 58.6 Å². The van der Waals surface area contributed by atoms with E-state index < -0.39 is 12.3 Å². The van der Waals surface area contributed by atoms with E-state index in [0.717, 1.165) is 25.7 Å². The Bertz CT molecular complexity index is 2640. The van der Waals surface area contributed by atoms with Gasteiger partial charge in [-0.3, -0.25) is 34.0 Å². The van der Waals surface area contributed by atoms with Crippen molar-refractivity contribution >= 4 is 57.4 Å². The number of carbonyl (C=O) groups excluding carboxylic acids is 2. The first-order valence-corrected chi connectivity index (χ1v) is 20.8. The zero-order valence-corrected chi connectivity index (χ0v) is 34.5. The van der Waals surface area contributed by atoms with Crippen molar-refractivity contribution in [2.24, 2.45) is 14.1 Å². The van der Waals surface area contributed by atoms with Crippen molar-refractivity contribution in [2.45, 2.75) is 50.1 Å². The number of likely N-dealkylation sites (N-methyl/N-ethyl adjacent to an activating group) is 1. The van der Waals surface area contributed by atoms with Gasteiger partial charge in [-0.2, -0.15) is 9.97 Å². The van der Waals surface area contributed by atoms with E-state index in [2.05, 4.69) is 56.1 Å². The summed E-state index contributed by atoms with van der Waals surface area (Å²) >= 11 is 0. The summed E-state index contributed by atoms with van der Waals surface area (Å²) in [7, 11) is 5.54. The fraction of sp³-hybridized carbons (Fsp3) is 0.415. The lowest BCUT2D eigenvalue weighted by Gasteiger charge is -2.30. The molecule has 10 rings (SSSR count). The van der Waals surface area contributed by atoms with Gasteiger partial charge in [0.1, 0.15) is 37.0 Å². The largest absolute Gasteiger partial charge is 0.492 e. The van der Waals surface area contributed by atoms with Gasteiger partial charge in [-0.1, -0.05) is 0 Å². The van der Waals surface area contributed by atoms with Crippen LogP contribution >= 0.6 is 0 Å². The Morgan fingerprint density at radius 3 is 1.60 bits per heavy atom. The number of aromatic amines is 2. The van der Waals surface area contributed by atoms with Gasteiger partial charge in [0.15, 0.2) is 22.3 Å². The summed E-state index contributed by atoms with van der Waals surface area (Å²) in [5.74, 6) is 1.59. The average molecular weight is 846 g/mol. The minimum Gasteiger partial charge on any atom is -0.492 e. The molecule has 62 heavy (non-hydrogen) atoms. The second-order valence-corrected chi connectivity index (χ2v) is 16.2. The van der Waals surface area contributed by atoms with E-state index in [0.29, 0.717) is 96.6 Å². The molecule has 4 unspecified atom stereocenters. The van der Waals surface area contributed by atoms with Crippen LogP contribution in [0.1, 0.15) is 46.4 Å². The number of rotatable bonds is 12.